The number of aliphatic hydroxyl groups excluding tert-OH is 2. The number of nitrogens with zero attached hydrogens (tertiary/aromatic N) is 4. The van der Waals surface area contributed by atoms with Gasteiger partial charge in [-0.15, -0.1) is 0 Å². The van der Waals surface area contributed by atoms with E-state index in [4.69, 9.17) is 21.0 Å². The lowest BCUT2D eigenvalue weighted by molar-refractivity contribution is 0.103. The van der Waals surface area contributed by atoms with Crippen LogP contribution < -0.4 is 0 Å². The molecule has 0 fully saturated rings. The first kappa shape index (κ1) is 42.1. The lowest BCUT2D eigenvalue weighted by Gasteiger charge is -2.02. The number of hydrogen-bond donors (Lipinski definition) is 2. The molecular weight excluding hydrogens is 930 g/mol. The molecule has 5 aromatic rings. The number of allylic oxidation sites excluding steroid dienone is 2. The van der Waals surface area contributed by atoms with Crippen LogP contribution >= 0.6 is 45.2 Å². The van der Waals surface area contributed by atoms with Gasteiger partial charge in [-0.05, 0) is 142 Å². The minimum Gasteiger partial charge on any atom is -0.507 e. The first-order chi connectivity index (χ1) is 25.7. The summed E-state index contributed by atoms with van der Waals surface area (Å²) in [7, 11) is 0. The molecule has 0 unspecified atom stereocenters. The van der Waals surface area contributed by atoms with Crippen molar-refractivity contribution in [2.24, 2.45) is 0 Å². The third-order valence-corrected chi connectivity index (χ3v) is 8.80. The van der Waals surface area contributed by atoms with E-state index in [1.807, 2.05) is 24.3 Å². The summed E-state index contributed by atoms with van der Waals surface area (Å²) in [6.07, 6.45) is 2.23. The zero-order valence-corrected chi connectivity index (χ0v) is 31.5. The standard InChI is InChI=1S/2C17H10N2O2.C6F4I2/c2*18-10-12-1-5-14(6-2-12)16(20)9-17(21)15-7-3-13(11-19)4-8-15;7-1-2(8)6(12)4(10)3(9)5(1)11/h2*1-9,20H;/b2*16-9-;. The number of ketones is 2. The molecule has 266 valence electrons. The number of halogens is 6. The Hall–Kier alpha value is -6.34. The highest BCUT2D eigenvalue weighted by Crippen LogP contribution is 2.26. The van der Waals surface area contributed by atoms with Crippen LogP contribution in [0.25, 0.3) is 11.5 Å². The summed E-state index contributed by atoms with van der Waals surface area (Å²) >= 11 is 2.41. The predicted octanol–water partition coefficient (Wildman–Crippen LogP) is 9.88. The summed E-state index contributed by atoms with van der Waals surface area (Å²) in [5.74, 6) is -6.46. The average Bonchev–Trinajstić information content (AvgIpc) is 3.21. The quantitative estimate of drug-likeness (QED) is 0.0322. The molecule has 0 heterocycles. The average molecular weight is 950 g/mol. The van der Waals surface area contributed by atoms with Crippen LogP contribution in [0.4, 0.5) is 17.6 Å². The van der Waals surface area contributed by atoms with Gasteiger partial charge in [0.1, 0.15) is 11.5 Å². The van der Waals surface area contributed by atoms with Crippen molar-refractivity contribution in [2.45, 2.75) is 0 Å². The Morgan fingerprint density at radius 2 is 0.648 bits per heavy atom. The van der Waals surface area contributed by atoms with E-state index in [2.05, 4.69) is 0 Å². The number of carbonyl (C=O) groups excluding carboxylic acids is 2. The van der Waals surface area contributed by atoms with Crippen LogP contribution in [0.1, 0.15) is 54.1 Å². The molecule has 8 nitrogen and oxygen atoms in total. The van der Waals surface area contributed by atoms with Crippen molar-refractivity contribution in [3.05, 3.63) is 184 Å². The zero-order chi connectivity index (χ0) is 39.9. The Morgan fingerprint density at radius 1 is 0.444 bits per heavy atom. The number of hydrogen-bond acceptors (Lipinski definition) is 8. The van der Waals surface area contributed by atoms with Gasteiger partial charge >= 0.3 is 0 Å². The van der Waals surface area contributed by atoms with Gasteiger partial charge in [0.2, 0.25) is 0 Å². The van der Waals surface area contributed by atoms with Crippen LogP contribution in [0, 0.1) is 75.7 Å². The summed E-state index contributed by atoms with van der Waals surface area (Å²) in [6, 6.07) is 32.7. The Morgan fingerprint density at radius 3 is 0.852 bits per heavy atom. The van der Waals surface area contributed by atoms with Crippen molar-refractivity contribution in [3.63, 3.8) is 0 Å². The molecule has 14 heteroatoms. The van der Waals surface area contributed by atoms with E-state index in [0.29, 0.717) is 44.5 Å². The summed E-state index contributed by atoms with van der Waals surface area (Å²) in [6.45, 7) is 0. The number of nitriles is 4. The fraction of sp³-hybridized carbons (Fsp3) is 0. The molecule has 0 spiro atoms. The first-order valence-corrected chi connectivity index (χ1v) is 17.0. The maximum absolute atomic E-state index is 12.6. The van der Waals surface area contributed by atoms with Crippen LogP contribution in [0.15, 0.2) is 109 Å². The highest BCUT2D eigenvalue weighted by Gasteiger charge is 2.22. The second-order valence-corrected chi connectivity index (χ2v) is 12.6. The van der Waals surface area contributed by atoms with E-state index < -0.39 is 30.4 Å². The van der Waals surface area contributed by atoms with E-state index in [1.165, 1.54) is 69.4 Å². The van der Waals surface area contributed by atoms with Gasteiger partial charge in [0.25, 0.3) is 0 Å². The molecule has 0 radical (unpaired) electrons. The molecule has 0 atom stereocenters. The van der Waals surface area contributed by atoms with Crippen molar-refractivity contribution in [1.82, 2.24) is 0 Å². The molecule has 5 aromatic carbocycles. The maximum Gasteiger partial charge on any atom is 0.189 e. The van der Waals surface area contributed by atoms with Crippen LogP contribution in [-0.2, 0) is 0 Å². The highest BCUT2D eigenvalue weighted by molar-refractivity contribution is 14.1. The minimum atomic E-state index is -1.35. The number of carbonyl (C=O) groups is 2. The molecular formula is C40H20F4I2N4O4. The van der Waals surface area contributed by atoms with Crippen LogP contribution in [0.3, 0.4) is 0 Å². The lowest BCUT2D eigenvalue weighted by Crippen LogP contribution is -2.02. The third kappa shape index (κ3) is 11.3. The summed E-state index contributed by atoms with van der Waals surface area (Å²) in [5, 5.41) is 54.6. The van der Waals surface area contributed by atoms with Gasteiger partial charge in [-0.25, -0.2) is 17.6 Å². The van der Waals surface area contributed by atoms with Gasteiger partial charge in [0, 0.05) is 34.4 Å². The fourth-order valence-electron chi connectivity index (χ4n) is 4.01. The molecule has 54 heavy (non-hydrogen) atoms. The van der Waals surface area contributed by atoms with E-state index in [9.17, 15) is 37.4 Å². The van der Waals surface area contributed by atoms with E-state index in [0.717, 1.165) is 12.2 Å². The monoisotopic (exact) mass is 950 g/mol. The van der Waals surface area contributed by atoms with Gasteiger partial charge in [-0.3, -0.25) is 9.59 Å². The smallest absolute Gasteiger partial charge is 0.189 e. The Labute approximate surface area is 333 Å². The van der Waals surface area contributed by atoms with Gasteiger partial charge in [-0.2, -0.15) is 21.0 Å². The second-order valence-electron chi connectivity index (χ2n) is 10.4. The normalized spacial score (nSPS) is 10.5. The number of rotatable bonds is 6. The third-order valence-electron chi connectivity index (χ3n) is 6.91. The van der Waals surface area contributed by atoms with Crippen LogP contribution in [0.5, 0.6) is 0 Å². The number of aliphatic hydroxyl groups is 2. The SMILES string of the molecule is Fc1c(F)c(I)c(F)c(F)c1I.N#Cc1ccc(C(=O)/C=C(\O)c2ccc(C#N)cc2)cc1.N#Cc1ccc(C(=O)/C=C(\O)c2ccc(C#N)cc2)cc1. The summed E-state index contributed by atoms with van der Waals surface area (Å²) in [5.41, 5.74) is 3.56. The Balaban J connectivity index is 0.000000227. The highest BCUT2D eigenvalue weighted by atomic mass is 127. The molecule has 0 bridgehead atoms. The molecule has 0 aliphatic rings. The fourth-order valence-corrected chi connectivity index (χ4v) is 4.96. The first-order valence-electron chi connectivity index (χ1n) is 14.8. The Bertz CT molecular complexity index is 2180. The van der Waals surface area contributed by atoms with Crippen LogP contribution in [-0.4, -0.2) is 21.8 Å². The van der Waals surface area contributed by atoms with Gasteiger partial charge < -0.3 is 10.2 Å². The minimum absolute atomic E-state index is 0.172. The zero-order valence-electron chi connectivity index (χ0n) is 27.2. The number of benzene rings is 5. The Kier molecular flexibility index (Phi) is 15.6. The maximum atomic E-state index is 12.6. The van der Waals surface area contributed by atoms with Gasteiger partial charge in [0.05, 0.1) is 53.7 Å². The van der Waals surface area contributed by atoms with Crippen molar-refractivity contribution in [3.8, 4) is 24.3 Å². The molecule has 0 aromatic heterocycles. The van der Waals surface area contributed by atoms with Crippen LogP contribution in [0.2, 0.25) is 0 Å². The predicted molar refractivity (Wildman–Crippen MR) is 206 cm³/mol. The summed E-state index contributed by atoms with van der Waals surface area (Å²) in [4.78, 5) is 24.0. The molecule has 0 amide bonds. The van der Waals surface area contributed by atoms with E-state index in [-0.39, 0.29) is 23.1 Å². The van der Waals surface area contributed by atoms with Gasteiger partial charge in [0.15, 0.2) is 34.8 Å². The summed E-state index contributed by atoms with van der Waals surface area (Å²) < 4.78 is 49.2. The van der Waals surface area contributed by atoms with Crippen molar-refractivity contribution in [1.29, 1.82) is 21.0 Å². The second kappa shape index (κ2) is 20.0. The van der Waals surface area contributed by atoms with E-state index in [1.54, 1.807) is 72.8 Å². The molecule has 5 rings (SSSR count). The molecule has 2 N–H and O–H groups in total. The van der Waals surface area contributed by atoms with Crippen molar-refractivity contribution in [2.75, 3.05) is 0 Å². The largest absolute Gasteiger partial charge is 0.507 e. The van der Waals surface area contributed by atoms with Crippen molar-refractivity contribution >= 4 is 68.3 Å². The van der Waals surface area contributed by atoms with Gasteiger partial charge in [-0.1, -0.05) is 0 Å². The molecule has 0 saturated carbocycles. The molecule has 0 aliphatic carbocycles. The topological polar surface area (TPSA) is 170 Å². The van der Waals surface area contributed by atoms with Crippen molar-refractivity contribution < 1.29 is 37.4 Å². The molecule has 0 aliphatic heterocycles. The molecule has 0 saturated heterocycles. The van der Waals surface area contributed by atoms with E-state index >= 15 is 0 Å². The lowest BCUT2D eigenvalue weighted by atomic mass is 10.1.